The van der Waals surface area contributed by atoms with Gasteiger partial charge in [-0.25, -0.2) is 4.98 Å². The second-order valence-electron chi connectivity index (χ2n) is 5.51. The van der Waals surface area contributed by atoms with Crippen molar-refractivity contribution < 1.29 is 4.79 Å². The van der Waals surface area contributed by atoms with Gasteiger partial charge in [-0.3, -0.25) is 4.79 Å². The van der Waals surface area contributed by atoms with E-state index in [9.17, 15) is 4.79 Å². The van der Waals surface area contributed by atoms with E-state index in [-0.39, 0.29) is 11.8 Å². The minimum atomic E-state index is 0.0133. The first-order valence-electron chi connectivity index (χ1n) is 7.24. The fraction of sp³-hybridized carbons (Fsp3) is 0.467. The van der Waals surface area contributed by atoms with E-state index in [1.807, 2.05) is 12.1 Å². The standard InChI is InChI=1S/C15H18ClN3OS/c16-10-5-6-12-13(7-10)21-15(18-12)19-14(20)11-4-2-1-3-9(11)8-17/h5-7,9,11H,1-4,8,17H2,(H,18,19,20). The summed E-state index contributed by atoms with van der Waals surface area (Å²) in [5, 5.41) is 4.27. The molecule has 1 aliphatic rings. The first kappa shape index (κ1) is 14.8. The summed E-state index contributed by atoms with van der Waals surface area (Å²) in [6.07, 6.45) is 4.24. The molecule has 0 saturated heterocycles. The number of carbonyl (C=O) groups excluding carboxylic acids is 1. The number of nitrogens with two attached hydrogens (primary N) is 1. The molecule has 1 heterocycles. The first-order chi connectivity index (χ1) is 10.2. The molecule has 2 aromatic rings. The molecule has 2 atom stereocenters. The van der Waals surface area contributed by atoms with E-state index in [1.165, 1.54) is 17.8 Å². The van der Waals surface area contributed by atoms with Crippen molar-refractivity contribution in [3.8, 4) is 0 Å². The second kappa shape index (κ2) is 6.30. The van der Waals surface area contributed by atoms with Gasteiger partial charge in [0.1, 0.15) is 0 Å². The largest absolute Gasteiger partial charge is 0.330 e. The van der Waals surface area contributed by atoms with E-state index in [1.54, 1.807) is 6.07 Å². The Morgan fingerprint density at radius 2 is 2.24 bits per heavy atom. The van der Waals surface area contributed by atoms with Gasteiger partial charge in [0.15, 0.2) is 5.13 Å². The highest BCUT2D eigenvalue weighted by atomic mass is 35.5. The van der Waals surface area contributed by atoms with Crippen molar-refractivity contribution in [1.82, 2.24) is 4.98 Å². The molecule has 1 saturated carbocycles. The average Bonchev–Trinajstić information content (AvgIpc) is 2.88. The number of rotatable bonds is 3. The zero-order valence-corrected chi connectivity index (χ0v) is 13.2. The summed E-state index contributed by atoms with van der Waals surface area (Å²) in [5.41, 5.74) is 6.66. The molecule has 3 N–H and O–H groups in total. The van der Waals surface area contributed by atoms with Gasteiger partial charge in [0, 0.05) is 10.9 Å². The first-order valence-corrected chi connectivity index (χ1v) is 8.44. The molecular weight excluding hydrogens is 306 g/mol. The zero-order chi connectivity index (χ0) is 14.8. The van der Waals surface area contributed by atoms with Crippen molar-refractivity contribution >= 4 is 44.2 Å². The lowest BCUT2D eigenvalue weighted by atomic mass is 9.79. The Morgan fingerprint density at radius 1 is 1.43 bits per heavy atom. The number of amides is 1. The van der Waals surface area contributed by atoms with E-state index in [0.717, 1.165) is 29.5 Å². The van der Waals surface area contributed by atoms with E-state index in [4.69, 9.17) is 17.3 Å². The minimum Gasteiger partial charge on any atom is -0.330 e. The normalized spacial score (nSPS) is 22.4. The van der Waals surface area contributed by atoms with Crippen molar-refractivity contribution in [3.05, 3.63) is 23.2 Å². The molecule has 1 aliphatic carbocycles. The Kier molecular flexibility index (Phi) is 4.42. The smallest absolute Gasteiger partial charge is 0.229 e. The zero-order valence-electron chi connectivity index (χ0n) is 11.6. The topological polar surface area (TPSA) is 68.0 Å². The molecule has 1 amide bonds. The number of hydrogen-bond acceptors (Lipinski definition) is 4. The number of anilines is 1. The lowest BCUT2D eigenvalue weighted by Crippen LogP contribution is -2.35. The summed E-state index contributed by atoms with van der Waals surface area (Å²) < 4.78 is 0.983. The average molecular weight is 324 g/mol. The molecule has 0 bridgehead atoms. The maximum Gasteiger partial charge on any atom is 0.229 e. The summed E-state index contributed by atoms with van der Waals surface area (Å²) in [6.45, 7) is 0.577. The van der Waals surface area contributed by atoms with Crippen LogP contribution in [0.15, 0.2) is 18.2 Å². The maximum absolute atomic E-state index is 12.5. The molecule has 1 fully saturated rings. The summed E-state index contributed by atoms with van der Waals surface area (Å²) in [7, 11) is 0. The van der Waals surface area contributed by atoms with Crippen molar-refractivity contribution in [2.45, 2.75) is 25.7 Å². The van der Waals surface area contributed by atoms with Gasteiger partial charge in [0.05, 0.1) is 10.2 Å². The fourth-order valence-corrected chi connectivity index (χ4v) is 4.13. The molecule has 4 nitrogen and oxygen atoms in total. The third-order valence-corrected chi connectivity index (χ3v) is 5.30. The van der Waals surface area contributed by atoms with Gasteiger partial charge in [-0.2, -0.15) is 0 Å². The number of halogens is 1. The van der Waals surface area contributed by atoms with Crippen molar-refractivity contribution in [1.29, 1.82) is 0 Å². The Balaban J connectivity index is 1.76. The lowest BCUT2D eigenvalue weighted by Gasteiger charge is -2.29. The van der Waals surface area contributed by atoms with Crippen molar-refractivity contribution in [3.63, 3.8) is 0 Å². The van der Waals surface area contributed by atoms with Gasteiger partial charge in [-0.05, 0) is 43.5 Å². The molecule has 3 rings (SSSR count). The second-order valence-corrected chi connectivity index (χ2v) is 6.97. The summed E-state index contributed by atoms with van der Waals surface area (Å²) in [6, 6.07) is 5.54. The predicted molar refractivity (Wildman–Crippen MR) is 87.8 cm³/mol. The van der Waals surface area contributed by atoms with Gasteiger partial charge in [-0.15, -0.1) is 0 Å². The molecular formula is C15H18ClN3OS. The molecule has 1 aromatic heterocycles. The maximum atomic E-state index is 12.5. The van der Waals surface area contributed by atoms with Gasteiger partial charge in [0.25, 0.3) is 0 Å². The van der Waals surface area contributed by atoms with E-state index in [2.05, 4.69) is 10.3 Å². The molecule has 21 heavy (non-hydrogen) atoms. The predicted octanol–water partition coefficient (Wildman–Crippen LogP) is 3.65. The van der Waals surface area contributed by atoms with E-state index in [0.29, 0.717) is 22.6 Å². The van der Waals surface area contributed by atoms with Crippen LogP contribution in [0.2, 0.25) is 5.02 Å². The van der Waals surface area contributed by atoms with E-state index >= 15 is 0 Å². The van der Waals surface area contributed by atoms with E-state index < -0.39 is 0 Å². The summed E-state index contributed by atoms with van der Waals surface area (Å²) in [5.74, 6) is 0.359. The summed E-state index contributed by atoms with van der Waals surface area (Å²) in [4.78, 5) is 16.9. The molecule has 0 aliphatic heterocycles. The quantitative estimate of drug-likeness (QED) is 0.905. The lowest BCUT2D eigenvalue weighted by molar-refractivity contribution is -0.122. The highest BCUT2D eigenvalue weighted by Crippen LogP contribution is 2.32. The van der Waals surface area contributed by atoms with Gasteiger partial charge in [0.2, 0.25) is 5.91 Å². The Morgan fingerprint density at radius 3 is 3.05 bits per heavy atom. The van der Waals surface area contributed by atoms with Crippen LogP contribution in [0.5, 0.6) is 0 Å². The van der Waals surface area contributed by atoms with Crippen LogP contribution >= 0.6 is 22.9 Å². The number of nitrogens with one attached hydrogen (secondary N) is 1. The van der Waals surface area contributed by atoms with Gasteiger partial charge < -0.3 is 11.1 Å². The van der Waals surface area contributed by atoms with Crippen molar-refractivity contribution in [2.75, 3.05) is 11.9 Å². The van der Waals surface area contributed by atoms with Crippen LogP contribution in [0.3, 0.4) is 0 Å². The minimum absolute atomic E-state index is 0.0133. The Bertz CT molecular complexity index is 657. The molecule has 2 unspecified atom stereocenters. The van der Waals surface area contributed by atoms with Crippen LogP contribution < -0.4 is 11.1 Å². The Hall–Kier alpha value is -1.17. The number of fused-ring (bicyclic) bond motifs is 1. The third kappa shape index (κ3) is 3.20. The summed E-state index contributed by atoms with van der Waals surface area (Å²) >= 11 is 7.42. The Labute approximate surface area is 132 Å². The number of benzene rings is 1. The van der Waals surface area contributed by atoms with Crippen LogP contribution in [0, 0.1) is 11.8 Å². The third-order valence-electron chi connectivity index (χ3n) is 4.13. The van der Waals surface area contributed by atoms with Crippen molar-refractivity contribution in [2.24, 2.45) is 17.6 Å². The number of hydrogen-bond donors (Lipinski definition) is 2. The molecule has 1 aromatic carbocycles. The van der Waals surface area contributed by atoms with Crippen LogP contribution in [0.4, 0.5) is 5.13 Å². The number of nitrogens with zero attached hydrogens (tertiary/aromatic N) is 1. The highest BCUT2D eigenvalue weighted by molar-refractivity contribution is 7.22. The van der Waals surface area contributed by atoms with Crippen LogP contribution in [0.1, 0.15) is 25.7 Å². The number of thiazole rings is 1. The van der Waals surface area contributed by atoms with Crippen LogP contribution in [-0.4, -0.2) is 17.4 Å². The SMILES string of the molecule is NCC1CCCCC1C(=O)Nc1nc2ccc(Cl)cc2s1. The molecule has 112 valence electrons. The highest BCUT2D eigenvalue weighted by Gasteiger charge is 2.30. The fourth-order valence-electron chi connectivity index (χ4n) is 2.98. The van der Waals surface area contributed by atoms with Gasteiger partial charge in [-0.1, -0.05) is 35.8 Å². The number of aromatic nitrogens is 1. The molecule has 6 heteroatoms. The van der Waals surface area contributed by atoms with Gasteiger partial charge >= 0.3 is 0 Å². The molecule has 0 spiro atoms. The number of carbonyl (C=O) groups is 1. The molecule has 0 radical (unpaired) electrons. The van der Waals surface area contributed by atoms with Crippen LogP contribution in [-0.2, 0) is 4.79 Å². The van der Waals surface area contributed by atoms with Crippen LogP contribution in [0.25, 0.3) is 10.2 Å². The monoisotopic (exact) mass is 323 g/mol.